The van der Waals surface area contributed by atoms with Crippen molar-refractivity contribution in [1.82, 2.24) is 24.7 Å². The van der Waals surface area contributed by atoms with Crippen LogP contribution in [0.5, 0.6) is 5.75 Å². The van der Waals surface area contributed by atoms with Crippen LogP contribution in [0.2, 0.25) is 0 Å². The minimum Gasteiger partial charge on any atom is -0.506 e. The first-order valence-corrected chi connectivity index (χ1v) is 12.5. The number of H-pyrrole nitrogens is 1. The number of nitrogens with zero attached hydrogens (tertiary/aromatic N) is 5. The molecule has 0 atom stereocenters. The molecule has 34 heavy (non-hydrogen) atoms. The zero-order valence-electron chi connectivity index (χ0n) is 19.0. The highest BCUT2D eigenvalue weighted by atomic mass is 32.2. The lowest BCUT2D eigenvalue weighted by Gasteiger charge is -2.60. The van der Waals surface area contributed by atoms with Gasteiger partial charge in [0.15, 0.2) is 5.65 Å². The van der Waals surface area contributed by atoms with Crippen LogP contribution in [0.3, 0.4) is 0 Å². The molecule has 11 heteroatoms. The highest BCUT2D eigenvalue weighted by molar-refractivity contribution is 7.91. The third-order valence-electron chi connectivity index (χ3n) is 6.92. The van der Waals surface area contributed by atoms with Crippen LogP contribution in [0.25, 0.3) is 16.6 Å². The first kappa shape index (κ1) is 21.1. The lowest BCUT2D eigenvalue weighted by atomic mass is 9.73. The van der Waals surface area contributed by atoms with Crippen LogP contribution in [0.15, 0.2) is 45.0 Å². The number of nitrogens with one attached hydrogen (secondary N) is 1. The minimum atomic E-state index is -4.03. The lowest BCUT2D eigenvalue weighted by Crippen LogP contribution is -2.71. The van der Waals surface area contributed by atoms with Gasteiger partial charge in [0.25, 0.3) is 5.56 Å². The largest absolute Gasteiger partial charge is 0.506 e. The van der Waals surface area contributed by atoms with E-state index < -0.39 is 15.4 Å². The Kier molecular flexibility index (Phi) is 4.22. The number of phenolic OH excluding ortho intramolecular Hbond substituents is 1. The van der Waals surface area contributed by atoms with Crippen LogP contribution in [-0.4, -0.2) is 71.5 Å². The summed E-state index contributed by atoms with van der Waals surface area (Å²) in [5.41, 5.74) is 2.23. The number of anilines is 1. The van der Waals surface area contributed by atoms with E-state index in [4.69, 9.17) is 0 Å². The molecule has 176 valence electrons. The molecule has 0 amide bonds. The van der Waals surface area contributed by atoms with Gasteiger partial charge in [-0.2, -0.15) is 4.52 Å². The third-order valence-corrected chi connectivity index (χ3v) is 8.74. The molecule has 2 aromatic carbocycles. The fraction of sp³-hybridized carbons (Fsp3) is 0.348. The first-order chi connectivity index (χ1) is 16.1. The van der Waals surface area contributed by atoms with Crippen LogP contribution in [-0.2, 0) is 9.84 Å². The molecule has 0 unspecified atom stereocenters. The molecule has 2 aliphatic rings. The topological polar surface area (TPSA) is 124 Å². The van der Waals surface area contributed by atoms with Gasteiger partial charge in [0.05, 0.1) is 21.5 Å². The van der Waals surface area contributed by atoms with E-state index in [1.165, 1.54) is 16.6 Å². The van der Waals surface area contributed by atoms with Crippen molar-refractivity contribution in [3.63, 3.8) is 0 Å². The van der Waals surface area contributed by atoms with Gasteiger partial charge in [0.2, 0.25) is 14.9 Å². The summed E-state index contributed by atoms with van der Waals surface area (Å²) in [6.45, 7) is 7.27. The number of likely N-dealkylation sites (tertiary alicyclic amines) is 1. The second-order valence-electron chi connectivity index (χ2n) is 9.77. The Morgan fingerprint density at radius 3 is 2.50 bits per heavy atom. The van der Waals surface area contributed by atoms with Gasteiger partial charge >= 0.3 is 0 Å². The molecular weight excluding hydrogens is 456 g/mol. The van der Waals surface area contributed by atoms with Crippen molar-refractivity contribution >= 4 is 32.1 Å². The predicted octanol–water partition coefficient (Wildman–Crippen LogP) is 1.48. The maximum absolute atomic E-state index is 13.4. The molecule has 6 rings (SSSR count). The van der Waals surface area contributed by atoms with Gasteiger partial charge in [-0.05, 0) is 44.7 Å². The van der Waals surface area contributed by atoms with E-state index in [1.54, 1.807) is 25.1 Å². The number of aromatic hydroxyl groups is 1. The number of benzene rings is 2. The Balaban J connectivity index is 1.49. The summed E-state index contributed by atoms with van der Waals surface area (Å²) in [5, 5.41) is 18.6. The maximum atomic E-state index is 13.4. The number of rotatable bonds is 3. The second-order valence-corrected chi connectivity index (χ2v) is 11.6. The van der Waals surface area contributed by atoms with Gasteiger partial charge in [-0.25, -0.2) is 8.42 Å². The average Bonchev–Trinajstić information content (AvgIpc) is 3.14. The second kappa shape index (κ2) is 6.80. The number of sulfone groups is 1. The van der Waals surface area contributed by atoms with Gasteiger partial charge in [0, 0.05) is 31.6 Å². The van der Waals surface area contributed by atoms with Gasteiger partial charge < -0.3 is 19.9 Å². The molecular formula is C23H24N6O4S. The van der Waals surface area contributed by atoms with E-state index >= 15 is 0 Å². The number of fused-ring (bicyclic) bond motifs is 3. The van der Waals surface area contributed by atoms with Crippen LogP contribution in [0, 0.1) is 19.3 Å². The van der Waals surface area contributed by atoms with Crippen LogP contribution < -0.4 is 10.5 Å². The normalized spacial score (nSPS) is 17.9. The number of hydrogen-bond acceptors (Lipinski definition) is 8. The molecule has 2 fully saturated rings. The Morgan fingerprint density at radius 2 is 1.82 bits per heavy atom. The quantitative estimate of drug-likeness (QED) is 0.452. The van der Waals surface area contributed by atoms with Crippen LogP contribution in [0.4, 0.5) is 5.69 Å². The van der Waals surface area contributed by atoms with Gasteiger partial charge in [0.1, 0.15) is 5.75 Å². The molecule has 0 aliphatic carbocycles. The maximum Gasteiger partial charge on any atom is 0.259 e. The highest BCUT2D eigenvalue weighted by Crippen LogP contribution is 2.44. The van der Waals surface area contributed by atoms with E-state index in [0.717, 1.165) is 31.7 Å². The summed E-state index contributed by atoms with van der Waals surface area (Å²) >= 11 is 0. The first-order valence-electron chi connectivity index (χ1n) is 11.0. The zero-order valence-corrected chi connectivity index (χ0v) is 19.8. The molecule has 1 spiro atoms. The van der Waals surface area contributed by atoms with Crippen molar-refractivity contribution in [2.45, 2.75) is 23.8 Å². The summed E-state index contributed by atoms with van der Waals surface area (Å²) in [6.07, 6.45) is 0. The molecule has 2 aliphatic heterocycles. The Bertz CT molecular complexity index is 1660. The molecule has 2 saturated heterocycles. The van der Waals surface area contributed by atoms with Crippen molar-refractivity contribution in [3.05, 3.63) is 51.8 Å². The number of aromatic amines is 1. The molecule has 0 radical (unpaired) electrons. The number of hydrogen-bond donors (Lipinski definition) is 2. The van der Waals surface area contributed by atoms with Gasteiger partial charge in [-0.3, -0.25) is 4.79 Å². The van der Waals surface area contributed by atoms with Gasteiger partial charge in [-0.15, -0.1) is 5.10 Å². The lowest BCUT2D eigenvalue weighted by molar-refractivity contribution is -0.00256. The summed E-state index contributed by atoms with van der Waals surface area (Å²) in [5.74, 6) is 0.00289. The zero-order chi connectivity index (χ0) is 24.0. The fourth-order valence-electron chi connectivity index (χ4n) is 5.51. The van der Waals surface area contributed by atoms with Crippen LogP contribution in [0.1, 0.15) is 11.1 Å². The Morgan fingerprint density at radius 1 is 1.09 bits per heavy atom. The molecule has 10 nitrogen and oxygen atoms in total. The van der Waals surface area contributed by atoms with Crippen molar-refractivity contribution in [2.75, 3.05) is 38.1 Å². The Labute approximate surface area is 195 Å². The van der Waals surface area contributed by atoms with E-state index in [1.807, 2.05) is 6.92 Å². The monoisotopic (exact) mass is 480 g/mol. The molecule has 2 aromatic heterocycles. The molecule has 4 heterocycles. The number of phenols is 1. The number of aromatic nitrogens is 4. The van der Waals surface area contributed by atoms with Crippen molar-refractivity contribution in [2.24, 2.45) is 5.41 Å². The Hall–Kier alpha value is -3.44. The van der Waals surface area contributed by atoms with Gasteiger partial charge in [-0.1, -0.05) is 22.9 Å². The summed E-state index contributed by atoms with van der Waals surface area (Å²) < 4.78 is 28.2. The standard InChI is InChI=1S/C23H24N6O4S/c1-13-4-5-19(14(2)6-13)34(32,33)22-20-24-21(31)15-7-18(30)17(8-16(15)29(20)26-25-22)28-11-23(12-28)9-27(3)10-23/h4-8,30H,9-12H2,1-3H3,(H,24,31). The van der Waals surface area contributed by atoms with Crippen molar-refractivity contribution in [1.29, 1.82) is 0 Å². The summed E-state index contributed by atoms with van der Waals surface area (Å²) in [7, 11) is -1.95. The van der Waals surface area contributed by atoms with Crippen LogP contribution >= 0.6 is 0 Å². The average molecular weight is 481 g/mol. The predicted molar refractivity (Wildman–Crippen MR) is 126 cm³/mol. The highest BCUT2D eigenvalue weighted by Gasteiger charge is 2.50. The van der Waals surface area contributed by atoms with E-state index in [-0.39, 0.29) is 32.1 Å². The van der Waals surface area contributed by atoms with E-state index in [0.29, 0.717) is 16.8 Å². The molecule has 2 N–H and O–H groups in total. The van der Waals surface area contributed by atoms with E-state index in [2.05, 4.69) is 32.1 Å². The third kappa shape index (κ3) is 2.90. The SMILES string of the molecule is Cc1ccc(S(=O)(=O)c2nnn3c2[nH]c(=O)c2cc(O)c(N4CC5(CN(C)C5)C4)cc23)c(C)c1. The minimum absolute atomic E-state index is 0.00289. The van der Waals surface area contributed by atoms with Crippen molar-refractivity contribution < 1.29 is 13.5 Å². The molecule has 4 aromatic rings. The molecule has 0 saturated carbocycles. The van der Waals surface area contributed by atoms with Crippen molar-refractivity contribution in [3.8, 4) is 5.75 Å². The summed E-state index contributed by atoms with van der Waals surface area (Å²) in [6, 6.07) is 8.13. The summed E-state index contributed by atoms with van der Waals surface area (Å²) in [4.78, 5) is 19.9. The molecule has 0 bridgehead atoms. The number of aryl methyl sites for hydroxylation is 2. The fourth-order valence-corrected chi connectivity index (χ4v) is 6.99. The van der Waals surface area contributed by atoms with E-state index in [9.17, 15) is 18.3 Å². The smallest absolute Gasteiger partial charge is 0.259 e.